The van der Waals surface area contributed by atoms with Crippen LogP contribution < -0.4 is 0 Å². The Morgan fingerprint density at radius 2 is 2.08 bits per heavy atom. The van der Waals surface area contributed by atoms with Gasteiger partial charge in [0, 0.05) is 31.3 Å². The third kappa shape index (κ3) is 3.13. The summed E-state index contributed by atoms with van der Waals surface area (Å²) in [7, 11) is 1.52. The van der Waals surface area contributed by atoms with Crippen LogP contribution in [-0.4, -0.2) is 47.7 Å². The number of hydrogen-bond acceptors (Lipinski definition) is 3. The molecule has 1 aromatic carbocycles. The molecule has 1 N–H and O–H groups in total. The van der Waals surface area contributed by atoms with Crippen molar-refractivity contribution in [3.05, 3.63) is 35.4 Å². The Bertz CT molecular complexity index is 690. The maximum atomic E-state index is 14.3. The third-order valence-corrected chi connectivity index (χ3v) is 5.44. The molecule has 2 fully saturated rings. The number of hydrogen-bond donors (Lipinski definition) is 1. The van der Waals surface area contributed by atoms with Gasteiger partial charge >= 0.3 is 5.97 Å². The first-order valence-electron chi connectivity index (χ1n) is 8.38. The molecule has 25 heavy (non-hydrogen) atoms. The lowest BCUT2D eigenvalue weighted by Crippen LogP contribution is -2.53. The van der Waals surface area contributed by atoms with Crippen LogP contribution in [0.5, 0.6) is 0 Å². The van der Waals surface area contributed by atoms with E-state index >= 15 is 0 Å². The Balaban J connectivity index is 1.92. The van der Waals surface area contributed by atoms with Gasteiger partial charge in [-0.2, -0.15) is 0 Å². The average molecular weight is 353 g/mol. The lowest BCUT2D eigenvalue weighted by molar-refractivity contribution is -0.144. The van der Waals surface area contributed by atoms with E-state index in [1.807, 2.05) is 0 Å². The molecule has 1 saturated heterocycles. The summed E-state index contributed by atoms with van der Waals surface area (Å²) in [6, 6.07) is 2.80. The van der Waals surface area contributed by atoms with Crippen molar-refractivity contribution in [1.82, 2.24) is 4.90 Å². The number of carboxylic acids is 1. The molecule has 7 heteroatoms. The van der Waals surface area contributed by atoms with E-state index in [1.165, 1.54) is 18.1 Å². The number of carboxylic acid groups (broad SMARTS) is 1. The molecule has 0 spiro atoms. The number of halogens is 2. The number of carbonyl (C=O) groups is 2. The van der Waals surface area contributed by atoms with Gasteiger partial charge in [-0.25, -0.2) is 8.78 Å². The fourth-order valence-corrected chi connectivity index (χ4v) is 3.97. The Hall–Kier alpha value is -2.02. The van der Waals surface area contributed by atoms with Crippen molar-refractivity contribution in [1.29, 1.82) is 0 Å². The number of nitrogens with zero attached hydrogens (tertiary/aromatic N) is 1. The number of benzene rings is 1. The minimum absolute atomic E-state index is 0.173. The van der Waals surface area contributed by atoms with Gasteiger partial charge in [-0.15, -0.1) is 0 Å². The Morgan fingerprint density at radius 1 is 1.36 bits per heavy atom. The summed E-state index contributed by atoms with van der Waals surface area (Å²) < 4.78 is 32.9. The Morgan fingerprint density at radius 3 is 2.60 bits per heavy atom. The molecule has 1 aliphatic carbocycles. The van der Waals surface area contributed by atoms with Gasteiger partial charge in [0.25, 0.3) is 0 Å². The van der Waals surface area contributed by atoms with Crippen LogP contribution >= 0.6 is 0 Å². The molecule has 2 unspecified atom stereocenters. The summed E-state index contributed by atoms with van der Waals surface area (Å²) in [5.74, 6) is -2.69. The average Bonchev–Trinajstić information content (AvgIpc) is 2.90. The van der Waals surface area contributed by atoms with E-state index in [2.05, 4.69) is 0 Å². The molecule has 3 rings (SSSR count). The van der Waals surface area contributed by atoms with Crippen LogP contribution in [0.15, 0.2) is 18.2 Å². The van der Waals surface area contributed by atoms with Crippen molar-refractivity contribution in [2.45, 2.75) is 49.7 Å². The number of carbonyl (C=O) groups excluding carboxylic acids is 1. The summed E-state index contributed by atoms with van der Waals surface area (Å²) in [6.45, 7) is 0.290. The molecule has 136 valence electrons. The van der Waals surface area contributed by atoms with E-state index in [0.29, 0.717) is 19.3 Å². The molecule has 0 bridgehead atoms. The van der Waals surface area contributed by atoms with Crippen LogP contribution in [-0.2, 0) is 19.7 Å². The first-order valence-corrected chi connectivity index (χ1v) is 8.38. The van der Waals surface area contributed by atoms with Gasteiger partial charge in [-0.05, 0) is 25.3 Å². The van der Waals surface area contributed by atoms with Crippen molar-refractivity contribution in [2.75, 3.05) is 13.7 Å². The van der Waals surface area contributed by atoms with Crippen LogP contribution in [0, 0.1) is 11.6 Å². The number of rotatable bonds is 5. The smallest absolute Gasteiger partial charge is 0.305 e. The molecular weight excluding hydrogens is 332 g/mol. The van der Waals surface area contributed by atoms with E-state index in [9.17, 15) is 18.4 Å². The number of methoxy groups -OCH3 is 1. The number of aliphatic carboxylic acids is 1. The van der Waals surface area contributed by atoms with Gasteiger partial charge in [0.1, 0.15) is 11.6 Å². The fourth-order valence-electron chi connectivity index (χ4n) is 3.97. The molecule has 0 radical (unpaired) electrons. The van der Waals surface area contributed by atoms with Gasteiger partial charge < -0.3 is 14.7 Å². The van der Waals surface area contributed by atoms with E-state index in [-0.39, 0.29) is 30.5 Å². The van der Waals surface area contributed by atoms with Crippen molar-refractivity contribution in [3.63, 3.8) is 0 Å². The quantitative estimate of drug-likeness (QED) is 0.883. The summed E-state index contributed by atoms with van der Waals surface area (Å²) >= 11 is 0. The highest BCUT2D eigenvalue weighted by Crippen LogP contribution is 2.47. The van der Waals surface area contributed by atoms with Gasteiger partial charge in [-0.3, -0.25) is 9.59 Å². The minimum atomic E-state index is -1.03. The third-order valence-electron chi connectivity index (χ3n) is 5.44. The summed E-state index contributed by atoms with van der Waals surface area (Å²) in [6.07, 6.45) is 1.76. The second-order valence-corrected chi connectivity index (χ2v) is 6.86. The molecule has 1 heterocycles. The molecule has 5 nitrogen and oxygen atoms in total. The monoisotopic (exact) mass is 353 g/mol. The fraction of sp³-hybridized carbons (Fsp3) is 0.556. The lowest BCUT2D eigenvalue weighted by Gasteiger charge is -2.44. The zero-order valence-electron chi connectivity index (χ0n) is 14.0. The highest BCUT2D eigenvalue weighted by molar-refractivity contribution is 5.90. The van der Waals surface area contributed by atoms with Crippen LogP contribution in [0.1, 0.15) is 37.7 Å². The maximum absolute atomic E-state index is 14.3. The number of amides is 1. The number of likely N-dealkylation sites (tertiary alicyclic amines) is 1. The second kappa shape index (κ2) is 6.71. The predicted molar refractivity (Wildman–Crippen MR) is 85.1 cm³/mol. The van der Waals surface area contributed by atoms with E-state index in [1.54, 1.807) is 0 Å². The predicted octanol–water partition coefficient (Wildman–Crippen LogP) is 2.48. The van der Waals surface area contributed by atoms with Gasteiger partial charge in [-0.1, -0.05) is 12.5 Å². The van der Waals surface area contributed by atoms with Gasteiger partial charge in [0.2, 0.25) is 5.91 Å². The highest BCUT2D eigenvalue weighted by Gasteiger charge is 2.52. The summed E-state index contributed by atoms with van der Waals surface area (Å²) in [5, 5.41) is 9.12. The molecule has 2 aliphatic rings. The normalized spacial score (nSPS) is 24.8. The molecule has 1 aliphatic heterocycles. The SMILES string of the molecule is COC1CC(CC(=O)O)N(C(=O)C2(c3ccc(F)cc3F)CCC2)C1. The Kier molecular flexibility index (Phi) is 4.77. The van der Waals surface area contributed by atoms with Crippen molar-refractivity contribution >= 4 is 11.9 Å². The van der Waals surface area contributed by atoms with Crippen molar-refractivity contribution < 1.29 is 28.2 Å². The van der Waals surface area contributed by atoms with Crippen LogP contribution in [0.2, 0.25) is 0 Å². The maximum Gasteiger partial charge on any atom is 0.305 e. The molecule has 0 aromatic heterocycles. The number of ether oxygens (including phenoxy) is 1. The molecule has 1 saturated carbocycles. The topological polar surface area (TPSA) is 66.8 Å². The molecule has 2 atom stereocenters. The first-order chi connectivity index (χ1) is 11.9. The molecule has 1 aromatic rings. The molecule has 1 amide bonds. The highest BCUT2D eigenvalue weighted by atomic mass is 19.1. The van der Waals surface area contributed by atoms with Gasteiger partial charge in [0.15, 0.2) is 0 Å². The minimum Gasteiger partial charge on any atom is -0.481 e. The largest absolute Gasteiger partial charge is 0.481 e. The summed E-state index contributed by atoms with van der Waals surface area (Å²) in [4.78, 5) is 25.9. The summed E-state index contributed by atoms with van der Waals surface area (Å²) in [5.41, 5.74) is -0.836. The van der Waals surface area contributed by atoms with E-state index in [4.69, 9.17) is 9.84 Å². The van der Waals surface area contributed by atoms with E-state index < -0.39 is 29.1 Å². The first kappa shape index (κ1) is 17.8. The second-order valence-electron chi connectivity index (χ2n) is 6.86. The van der Waals surface area contributed by atoms with E-state index in [0.717, 1.165) is 18.6 Å². The van der Waals surface area contributed by atoms with Crippen LogP contribution in [0.3, 0.4) is 0 Å². The Labute approximate surface area is 144 Å². The molecular formula is C18H21F2NO4. The van der Waals surface area contributed by atoms with Crippen molar-refractivity contribution in [2.24, 2.45) is 0 Å². The van der Waals surface area contributed by atoms with Gasteiger partial charge in [0.05, 0.1) is 17.9 Å². The standard InChI is InChI=1S/C18H21F2NO4/c1-25-13-8-12(9-16(22)23)21(10-13)17(24)18(5-2-6-18)14-4-3-11(19)7-15(14)20/h3-4,7,12-13H,2,5-6,8-10H2,1H3,(H,22,23). The lowest BCUT2D eigenvalue weighted by atomic mass is 9.63. The van der Waals surface area contributed by atoms with Crippen molar-refractivity contribution in [3.8, 4) is 0 Å². The van der Waals surface area contributed by atoms with Crippen LogP contribution in [0.25, 0.3) is 0 Å². The van der Waals surface area contributed by atoms with Crippen LogP contribution in [0.4, 0.5) is 8.78 Å². The zero-order valence-corrected chi connectivity index (χ0v) is 14.0. The zero-order chi connectivity index (χ0) is 18.2.